The van der Waals surface area contributed by atoms with Gasteiger partial charge in [-0.3, -0.25) is 4.79 Å². The first-order chi connectivity index (χ1) is 9.60. The molecule has 5 nitrogen and oxygen atoms in total. The fourth-order valence-electron chi connectivity index (χ4n) is 2.34. The van der Waals surface area contributed by atoms with Crippen molar-refractivity contribution in [3.63, 3.8) is 0 Å². The van der Waals surface area contributed by atoms with Crippen molar-refractivity contribution in [3.8, 4) is 0 Å². The molecule has 1 aromatic heterocycles. The minimum Gasteiger partial charge on any atom is -0.478 e. The smallest absolute Gasteiger partial charge is 0.335 e. The highest BCUT2D eigenvalue weighted by Gasteiger charge is 2.24. The van der Waals surface area contributed by atoms with Gasteiger partial charge in [-0.25, -0.2) is 4.79 Å². The summed E-state index contributed by atoms with van der Waals surface area (Å²) in [4.78, 5) is 23.9. The van der Waals surface area contributed by atoms with Crippen LogP contribution < -0.4 is 10.6 Å². The molecule has 2 heterocycles. The average Bonchev–Trinajstić information content (AvgIpc) is 2.73. The van der Waals surface area contributed by atoms with Crippen LogP contribution in [0.3, 0.4) is 0 Å². The van der Waals surface area contributed by atoms with E-state index in [4.69, 9.17) is 5.11 Å². The predicted molar refractivity (Wildman–Crippen MR) is 78.8 cm³/mol. The van der Waals surface area contributed by atoms with Crippen molar-refractivity contribution in [1.82, 2.24) is 5.32 Å². The van der Waals surface area contributed by atoms with Crippen molar-refractivity contribution < 1.29 is 14.7 Å². The first-order valence-corrected chi connectivity index (χ1v) is 7.26. The van der Waals surface area contributed by atoms with Crippen LogP contribution in [0.25, 0.3) is 10.1 Å². The second kappa shape index (κ2) is 4.79. The Kier molecular flexibility index (Phi) is 3.10. The minimum atomic E-state index is -0.962. The van der Waals surface area contributed by atoms with E-state index in [1.54, 1.807) is 18.2 Å². The number of hydrogen-bond acceptors (Lipinski definition) is 4. The van der Waals surface area contributed by atoms with Crippen LogP contribution in [0.15, 0.2) is 18.2 Å². The van der Waals surface area contributed by atoms with Crippen molar-refractivity contribution in [1.29, 1.82) is 0 Å². The summed E-state index contributed by atoms with van der Waals surface area (Å²) < 4.78 is 0.914. The molecule has 0 radical (unpaired) electrons. The van der Waals surface area contributed by atoms with E-state index in [1.807, 2.05) is 6.92 Å². The van der Waals surface area contributed by atoms with Gasteiger partial charge < -0.3 is 15.7 Å². The fraction of sp³-hybridized carbons (Fsp3) is 0.286. The lowest BCUT2D eigenvalue weighted by Crippen LogP contribution is -2.36. The maximum atomic E-state index is 12.2. The van der Waals surface area contributed by atoms with Gasteiger partial charge in [-0.15, -0.1) is 11.3 Å². The van der Waals surface area contributed by atoms with Gasteiger partial charge in [-0.05, 0) is 24.6 Å². The number of hydrogen-bond donors (Lipinski definition) is 3. The number of fused-ring (bicyclic) bond motifs is 3. The lowest BCUT2D eigenvalue weighted by atomic mass is 10.1. The minimum absolute atomic E-state index is 0.0880. The highest BCUT2D eigenvalue weighted by Crippen LogP contribution is 2.37. The van der Waals surface area contributed by atoms with Gasteiger partial charge in [0.25, 0.3) is 5.91 Å². The van der Waals surface area contributed by atoms with Gasteiger partial charge in [0.05, 0.1) is 11.3 Å². The molecule has 3 rings (SSSR count). The number of anilines is 1. The summed E-state index contributed by atoms with van der Waals surface area (Å²) >= 11 is 1.39. The first kappa shape index (κ1) is 12.9. The number of carbonyl (C=O) groups excluding carboxylic acids is 1. The summed E-state index contributed by atoms with van der Waals surface area (Å²) in [6, 6.07) is 5.04. The van der Waals surface area contributed by atoms with Crippen LogP contribution >= 0.6 is 11.3 Å². The van der Waals surface area contributed by atoms with E-state index < -0.39 is 5.97 Å². The standard InChI is InChI=1S/C14H14N2O3S/c1-2-8-6-15-11-9-5-7(14(18)19)3-4-10(9)20-12(11)13(17)16-8/h3-5,8,15H,2,6H2,1H3,(H,16,17)(H,18,19)/t8-/m1/s1. The molecular weight excluding hydrogens is 276 g/mol. The summed E-state index contributed by atoms with van der Waals surface area (Å²) in [7, 11) is 0. The Balaban J connectivity index is 2.14. The molecule has 20 heavy (non-hydrogen) atoms. The molecule has 1 atom stereocenters. The number of thiophene rings is 1. The van der Waals surface area contributed by atoms with Crippen molar-refractivity contribution in [2.24, 2.45) is 0 Å². The fourth-order valence-corrected chi connectivity index (χ4v) is 3.40. The monoisotopic (exact) mass is 290 g/mol. The number of rotatable bonds is 2. The molecular formula is C14H14N2O3S. The Labute approximate surface area is 119 Å². The summed E-state index contributed by atoms with van der Waals surface area (Å²) in [5.41, 5.74) is 0.984. The molecule has 1 aromatic carbocycles. The second-order valence-electron chi connectivity index (χ2n) is 4.78. The average molecular weight is 290 g/mol. The molecule has 6 heteroatoms. The zero-order valence-corrected chi connectivity index (χ0v) is 11.7. The van der Waals surface area contributed by atoms with E-state index in [-0.39, 0.29) is 17.5 Å². The van der Waals surface area contributed by atoms with Crippen molar-refractivity contribution in [2.45, 2.75) is 19.4 Å². The largest absolute Gasteiger partial charge is 0.478 e. The van der Waals surface area contributed by atoms with Crippen LogP contribution in [0.4, 0.5) is 5.69 Å². The predicted octanol–water partition coefficient (Wildman–Crippen LogP) is 2.53. The van der Waals surface area contributed by atoms with E-state index in [2.05, 4.69) is 10.6 Å². The Hall–Kier alpha value is -2.08. The summed E-state index contributed by atoms with van der Waals surface area (Å²) in [6.07, 6.45) is 0.853. The number of aromatic carboxylic acids is 1. The van der Waals surface area contributed by atoms with E-state index in [9.17, 15) is 9.59 Å². The highest BCUT2D eigenvalue weighted by atomic mass is 32.1. The van der Waals surface area contributed by atoms with Gasteiger partial charge in [0.2, 0.25) is 0 Å². The van der Waals surface area contributed by atoms with E-state index in [1.165, 1.54) is 11.3 Å². The molecule has 0 aliphatic carbocycles. The number of carboxylic acids is 1. The molecule has 1 amide bonds. The summed E-state index contributed by atoms with van der Waals surface area (Å²) in [6.45, 7) is 2.67. The Morgan fingerprint density at radius 2 is 2.30 bits per heavy atom. The Morgan fingerprint density at radius 3 is 3.00 bits per heavy atom. The maximum Gasteiger partial charge on any atom is 0.335 e. The third-order valence-electron chi connectivity index (χ3n) is 3.49. The van der Waals surface area contributed by atoms with Gasteiger partial charge in [0, 0.05) is 22.7 Å². The topological polar surface area (TPSA) is 78.4 Å². The van der Waals surface area contributed by atoms with Gasteiger partial charge in [0.1, 0.15) is 4.88 Å². The molecule has 0 bridgehead atoms. The van der Waals surface area contributed by atoms with Gasteiger partial charge in [0.15, 0.2) is 0 Å². The molecule has 1 aliphatic heterocycles. The van der Waals surface area contributed by atoms with Crippen LogP contribution in [0.2, 0.25) is 0 Å². The quantitative estimate of drug-likeness (QED) is 0.794. The third-order valence-corrected chi connectivity index (χ3v) is 4.66. The number of nitrogens with one attached hydrogen (secondary N) is 2. The normalized spacial score (nSPS) is 18.1. The van der Waals surface area contributed by atoms with Gasteiger partial charge >= 0.3 is 5.97 Å². The maximum absolute atomic E-state index is 12.2. The van der Waals surface area contributed by atoms with Crippen molar-refractivity contribution >= 4 is 39.0 Å². The molecule has 0 fully saturated rings. The number of carboxylic acid groups (broad SMARTS) is 1. The van der Waals surface area contributed by atoms with E-state index >= 15 is 0 Å². The van der Waals surface area contributed by atoms with Crippen LogP contribution in [-0.2, 0) is 0 Å². The third kappa shape index (κ3) is 2.02. The zero-order valence-electron chi connectivity index (χ0n) is 10.9. The lowest BCUT2D eigenvalue weighted by molar-refractivity contribution is 0.0696. The Bertz CT molecular complexity index is 708. The SMILES string of the molecule is CC[C@@H]1CNc2c(sc3ccc(C(=O)O)cc23)C(=O)N1. The zero-order chi connectivity index (χ0) is 14.3. The second-order valence-corrected chi connectivity index (χ2v) is 5.83. The van der Waals surface area contributed by atoms with Gasteiger partial charge in [-0.2, -0.15) is 0 Å². The van der Waals surface area contributed by atoms with Crippen molar-refractivity contribution in [3.05, 3.63) is 28.6 Å². The summed E-state index contributed by atoms with van der Waals surface area (Å²) in [5.74, 6) is -1.05. The molecule has 0 unspecified atom stereocenters. The van der Waals surface area contributed by atoms with Gasteiger partial charge in [-0.1, -0.05) is 6.92 Å². The molecule has 104 valence electrons. The highest BCUT2D eigenvalue weighted by molar-refractivity contribution is 7.21. The number of amides is 1. The molecule has 3 N–H and O–H groups in total. The van der Waals surface area contributed by atoms with Crippen LogP contribution in [0, 0.1) is 0 Å². The molecule has 0 spiro atoms. The molecule has 1 aliphatic rings. The summed E-state index contributed by atoms with van der Waals surface area (Å²) in [5, 5.41) is 16.1. The van der Waals surface area contributed by atoms with Crippen LogP contribution in [0.1, 0.15) is 33.4 Å². The Morgan fingerprint density at radius 1 is 1.50 bits per heavy atom. The van der Waals surface area contributed by atoms with Crippen LogP contribution in [0.5, 0.6) is 0 Å². The lowest BCUT2D eigenvalue weighted by Gasteiger charge is -2.13. The van der Waals surface area contributed by atoms with E-state index in [0.717, 1.165) is 22.2 Å². The first-order valence-electron chi connectivity index (χ1n) is 6.44. The van der Waals surface area contributed by atoms with Crippen LogP contribution in [-0.4, -0.2) is 29.6 Å². The molecule has 0 saturated carbocycles. The van der Waals surface area contributed by atoms with Crippen molar-refractivity contribution in [2.75, 3.05) is 11.9 Å². The van der Waals surface area contributed by atoms with E-state index in [0.29, 0.717) is 11.4 Å². The number of carbonyl (C=O) groups is 2. The molecule has 2 aromatic rings. The molecule has 0 saturated heterocycles. The number of benzene rings is 1.